The van der Waals surface area contributed by atoms with E-state index < -0.39 is 0 Å². The number of hydrogen-bond donors (Lipinski definition) is 1. The van der Waals surface area contributed by atoms with Gasteiger partial charge in [0.25, 0.3) is 5.95 Å². The van der Waals surface area contributed by atoms with Gasteiger partial charge in [0, 0.05) is 16.6 Å². The fraction of sp³-hybridized carbons (Fsp3) is 0. The number of nitrogens with one attached hydrogen (secondary N) is 1. The normalized spacial score (nSPS) is 11.3. The average Bonchev–Trinajstić information content (AvgIpc) is 3.09. The summed E-state index contributed by atoms with van der Waals surface area (Å²) in [6, 6.07) is 19.3. The highest BCUT2D eigenvalue weighted by molar-refractivity contribution is 6.38. The highest BCUT2D eigenvalue weighted by atomic mass is 35.5. The first-order chi connectivity index (χ1) is 12.7. The van der Waals surface area contributed by atoms with Gasteiger partial charge < -0.3 is 5.32 Å². The Morgan fingerprint density at radius 3 is 2.50 bits per heavy atom. The predicted octanol–water partition coefficient (Wildman–Crippen LogP) is 4.76. The van der Waals surface area contributed by atoms with Gasteiger partial charge >= 0.3 is 0 Å². The zero-order chi connectivity index (χ0) is 17.9. The lowest BCUT2D eigenvalue weighted by atomic mass is 10.1. The molecule has 1 heterocycles. The summed E-state index contributed by atoms with van der Waals surface area (Å²) in [6.07, 6.45) is 1.52. The van der Waals surface area contributed by atoms with E-state index in [2.05, 4.69) is 25.9 Å². The third-order valence-electron chi connectivity index (χ3n) is 3.79. The first kappa shape index (κ1) is 16.5. The number of anilines is 2. The van der Waals surface area contributed by atoms with Crippen LogP contribution in [-0.2, 0) is 0 Å². The van der Waals surface area contributed by atoms with Crippen LogP contribution in [0.15, 0.2) is 65.8 Å². The average molecular weight is 383 g/mol. The van der Waals surface area contributed by atoms with E-state index in [1.807, 2.05) is 42.5 Å². The van der Waals surface area contributed by atoms with Crippen molar-refractivity contribution in [3.05, 3.63) is 76.3 Å². The molecule has 0 atom stereocenters. The highest BCUT2D eigenvalue weighted by Gasteiger charge is 2.08. The number of halogens is 2. The van der Waals surface area contributed by atoms with Crippen molar-refractivity contribution in [3.8, 4) is 0 Å². The Hall–Kier alpha value is -2.96. The second-order valence-electron chi connectivity index (χ2n) is 5.42. The van der Waals surface area contributed by atoms with Crippen molar-refractivity contribution in [1.29, 1.82) is 0 Å². The molecule has 0 unspecified atom stereocenters. The molecule has 1 aromatic heterocycles. The lowest BCUT2D eigenvalue weighted by Gasteiger charge is -2.07. The summed E-state index contributed by atoms with van der Waals surface area (Å²) in [7, 11) is 0. The van der Waals surface area contributed by atoms with Crippen molar-refractivity contribution >= 4 is 51.8 Å². The van der Waals surface area contributed by atoms with Crippen molar-refractivity contribution in [2.45, 2.75) is 0 Å². The van der Waals surface area contributed by atoms with Gasteiger partial charge in [0.05, 0.1) is 16.3 Å². The molecule has 128 valence electrons. The maximum absolute atomic E-state index is 6.15. The van der Waals surface area contributed by atoms with E-state index in [1.54, 1.807) is 18.2 Å². The van der Waals surface area contributed by atoms with Crippen LogP contribution in [0.2, 0.25) is 10.0 Å². The van der Waals surface area contributed by atoms with Crippen LogP contribution in [0.3, 0.4) is 0 Å². The summed E-state index contributed by atoms with van der Waals surface area (Å²) in [4.78, 5) is 1.28. The third-order valence-corrected chi connectivity index (χ3v) is 4.44. The third kappa shape index (κ3) is 3.24. The minimum absolute atomic E-state index is 0.376. The van der Waals surface area contributed by atoms with Crippen LogP contribution in [0.4, 0.5) is 11.6 Å². The molecular weight excluding hydrogens is 371 g/mol. The summed E-state index contributed by atoms with van der Waals surface area (Å²) in [5.74, 6) is 0.376. The van der Waals surface area contributed by atoms with E-state index in [4.69, 9.17) is 23.2 Å². The van der Waals surface area contributed by atoms with Crippen molar-refractivity contribution in [3.63, 3.8) is 0 Å². The fourth-order valence-corrected chi connectivity index (χ4v) is 3.03. The first-order valence-electron chi connectivity index (χ1n) is 7.74. The van der Waals surface area contributed by atoms with Gasteiger partial charge in [-0.25, -0.2) is 0 Å². The summed E-state index contributed by atoms with van der Waals surface area (Å²) in [5.41, 5.74) is 1.48. The van der Waals surface area contributed by atoms with Crippen LogP contribution in [0.1, 0.15) is 5.56 Å². The molecule has 8 heteroatoms. The second-order valence-corrected chi connectivity index (χ2v) is 6.24. The van der Waals surface area contributed by atoms with Crippen LogP contribution < -0.4 is 5.32 Å². The number of fused-ring (bicyclic) bond motifs is 1. The summed E-state index contributed by atoms with van der Waals surface area (Å²) in [5, 5.41) is 22.2. The Balaban J connectivity index is 1.66. The lowest BCUT2D eigenvalue weighted by molar-refractivity contribution is 0.699. The van der Waals surface area contributed by atoms with Crippen LogP contribution >= 0.6 is 23.2 Å². The highest BCUT2D eigenvalue weighted by Crippen LogP contribution is 2.25. The van der Waals surface area contributed by atoms with Gasteiger partial charge in [-0.3, -0.25) is 0 Å². The molecule has 3 aromatic carbocycles. The Kier molecular flexibility index (Phi) is 4.51. The zero-order valence-electron chi connectivity index (χ0n) is 13.3. The van der Waals surface area contributed by atoms with Crippen molar-refractivity contribution in [2.24, 2.45) is 5.10 Å². The molecule has 0 aliphatic heterocycles. The van der Waals surface area contributed by atoms with Gasteiger partial charge in [0.2, 0.25) is 0 Å². The van der Waals surface area contributed by atoms with Gasteiger partial charge in [0.15, 0.2) is 0 Å². The number of nitrogens with zero attached hydrogens (tertiary/aromatic N) is 5. The number of benzene rings is 3. The zero-order valence-corrected chi connectivity index (χ0v) is 14.9. The Labute approximate surface area is 159 Å². The predicted molar refractivity (Wildman–Crippen MR) is 105 cm³/mol. The quantitative estimate of drug-likeness (QED) is 0.516. The number of aromatic nitrogens is 4. The molecule has 4 aromatic rings. The molecule has 0 spiro atoms. The van der Waals surface area contributed by atoms with Crippen LogP contribution in [0, 0.1) is 0 Å². The molecular formula is C18H12Cl2N6. The Morgan fingerprint density at radius 2 is 1.65 bits per heavy atom. The molecule has 4 rings (SSSR count). The van der Waals surface area contributed by atoms with Gasteiger partial charge in [-0.1, -0.05) is 75.6 Å². The molecule has 6 nitrogen and oxygen atoms in total. The standard InChI is InChI=1S/C18H12Cl2N6/c19-15-8-4-9-16(20)14(15)11-21-26-18(23-24-25-26)22-17-10-3-6-12-5-1-2-7-13(12)17/h1-11H,(H,22,23,25). The summed E-state index contributed by atoms with van der Waals surface area (Å²) in [6.45, 7) is 0. The monoisotopic (exact) mass is 382 g/mol. The Bertz CT molecular complexity index is 1080. The topological polar surface area (TPSA) is 68.0 Å². The van der Waals surface area contributed by atoms with E-state index in [9.17, 15) is 0 Å². The largest absolute Gasteiger partial charge is 0.321 e. The van der Waals surface area contributed by atoms with E-state index in [0.29, 0.717) is 21.6 Å². The number of tetrazole rings is 1. The molecule has 0 aliphatic rings. The summed E-state index contributed by atoms with van der Waals surface area (Å²) < 4.78 is 0. The maximum Gasteiger partial charge on any atom is 0.269 e. The van der Waals surface area contributed by atoms with Gasteiger partial charge in [-0.2, -0.15) is 5.10 Å². The minimum atomic E-state index is 0.376. The molecule has 0 bridgehead atoms. The van der Waals surface area contributed by atoms with Gasteiger partial charge in [-0.05, 0) is 34.0 Å². The maximum atomic E-state index is 6.15. The van der Waals surface area contributed by atoms with E-state index in [0.717, 1.165) is 16.5 Å². The lowest BCUT2D eigenvalue weighted by Crippen LogP contribution is -2.02. The van der Waals surface area contributed by atoms with Crippen LogP contribution in [-0.4, -0.2) is 26.5 Å². The van der Waals surface area contributed by atoms with Crippen LogP contribution in [0.25, 0.3) is 10.8 Å². The number of hydrogen-bond acceptors (Lipinski definition) is 5. The molecule has 0 saturated heterocycles. The molecule has 0 saturated carbocycles. The molecule has 1 N–H and O–H groups in total. The van der Waals surface area contributed by atoms with E-state index in [1.165, 1.54) is 11.0 Å². The number of rotatable bonds is 4. The van der Waals surface area contributed by atoms with Crippen molar-refractivity contribution < 1.29 is 0 Å². The fourth-order valence-electron chi connectivity index (χ4n) is 2.54. The minimum Gasteiger partial charge on any atom is -0.321 e. The van der Waals surface area contributed by atoms with Gasteiger partial charge in [-0.15, -0.1) is 0 Å². The van der Waals surface area contributed by atoms with E-state index >= 15 is 0 Å². The smallest absolute Gasteiger partial charge is 0.269 e. The summed E-state index contributed by atoms with van der Waals surface area (Å²) >= 11 is 12.3. The Morgan fingerprint density at radius 1 is 0.923 bits per heavy atom. The van der Waals surface area contributed by atoms with E-state index in [-0.39, 0.29) is 0 Å². The molecule has 0 amide bonds. The molecule has 0 fully saturated rings. The van der Waals surface area contributed by atoms with Crippen molar-refractivity contribution in [2.75, 3.05) is 5.32 Å². The van der Waals surface area contributed by atoms with Crippen LogP contribution in [0.5, 0.6) is 0 Å². The molecule has 26 heavy (non-hydrogen) atoms. The first-order valence-corrected chi connectivity index (χ1v) is 8.49. The SMILES string of the molecule is Clc1cccc(Cl)c1C=Nn1nnnc1Nc1cccc2ccccc12. The van der Waals surface area contributed by atoms with Gasteiger partial charge in [0.1, 0.15) is 0 Å². The molecule has 0 aliphatic carbocycles. The second kappa shape index (κ2) is 7.11. The van der Waals surface area contributed by atoms with Crippen molar-refractivity contribution in [1.82, 2.24) is 20.3 Å². The molecule has 0 radical (unpaired) electrons.